The fourth-order valence-electron chi connectivity index (χ4n) is 4.29. The molecule has 1 aliphatic rings. The van der Waals surface area contributed by atoms with E-state index in [9.17, 15) is 9.59 Å². The quantitative estimate of drug-likeness (QED) is 0.620. The minimum absolute atomic E-state index is 0.0155. The van der Waals surface area contributed by atoms with Gasteiger partial charge in [0, 0.05) is 26.1 Å². The molecule has 172 valence electrons. The average Bonchev–Trinajstić information content (AvgIpc) is 2.80. The van der Waals surface area contributed by atoms with Gasteiger partial charge in [-0.15, -0.1) is 0 Å². The first-order valence-electron chi connectivity index (χ1n) is 11.7. The lowest BCUT2D eigenvalue weighted by atomic mass is 9.87. The number of benzene rings is 2. The smallest absolute Gasteiger partial charge is 0.263 e. The third-order valence-corrected chi connectivity index (χ3v) is 6.37. The van der Waals surface area contributed by atoms with Gasteiger partial charge in [0.25, 0.3) is 5.91 Å². The first-order chi connectivity index (χ1) is 15.3. The molecule has 2 unspecified atom stereocenters. The topological polar surface area (TPSA) is 49.9 Å². The number of fused-ring (bicyclic) bond motifs is 1. The second-order valence-corrected chi connectivity index (χ2v) is 8.93. The predicted molar refractivity (Wildman–Crippen MR) is 128 cm³/mol. The molecule has 32 heavy (non-hydrogen) atoms. The minimum Gasteiger partial charge on any atom is -0.481 e. The van der Waals surface area contributed by atoms with E-state index in [4.69, 9.17) is 4.74 Å². The second-order valence-electron chi connectivity index (χ2n) is 8.93. The molecule has 1 aliphatic heterocycles. The van der Waals surface area contributed by atoms with Crippen LogP contribution >= 0.6 is 0 Å². The molecule has 2 aromatic rings. The van der Waals surface area contributed by atoms with Crippen LogP contribution in [0.2, 0.25) is 0 Å². The van der Waals surface area contributed by atoms with E-state index in [0.717, 1.165) is 17.5 Å². The molecule has 0 saturated carbocycles. The maximum absolute atomic E-state index is 12.9. The number of amides is 2. The van der Waals surface area contributed by atoms with Crippen molar-refractivity contribution in [2.45, 2.75) is 72.1 Å². The summed E-state index contributed by atoms with van der Waals surface area (Å²) in [5, 5.41) is 0. The van der Waals surface area contributed by atoms with Crippen LogP contribution in [-0.4, -0.2) is 47.4 Å². The standard InChI is InChI=1S/C27H36N2O3/c1-7-24(27(31)28(6)18(3)4)32-22-13-12-20-14-15-29(25(30)8-2)26(23(20)17-22)21-11-9-10-19(5)16-21/h9-13,16-18,24,26H,7-8,14-15H2,1-6H3. The highest BCUT2D eigenvalue weighted by Crippen LogP contribution is 2.38. The van der Waals surface area contributed by atoms with Gasteiger partial charge in [0.05, 0.1) is 6.04 Å². The van der Waals surface area contributed by atoms with E-state index in [1.807, 2.05) is 57.8 Å². The van der Waals surface area contributed by atoms with Crippen molar-refractivity contribution in [3.63, 3.8) is 0 Å². The third kappa shape index (κ3) is 4.98. The van der Waals surface area contributed by atoms with E-state index < -0.39 is 6.10 Å². The van der Waals surface area contributed by atoms with Gasteiger partial charge in [0.15, 0.2) is 6.10 Å². The molecule has 1 heterocycles. The number of rotatable bonds is 7. The summed E-state index contributed by atoms with van der Waals surface area (Å²) in [4.78, 5) is 29.4. The van der Waals surface area contributed by atoms with Crippen molar-refractivity contribution in [3.05, 3.63) is 64.7 Å². The Morgan fingerprint density at radius 3 is 2.53 bits per heavy atom. The van der Waals surface area contributed by atoms with Crippen molar-refractivity contribution in [2.24, 2.45) is 0 Å². The minimum atomic E-state index is -0.533. The summed E-state index contributed by atoms with van der Waals surface area (Å²) >= 11 is 0. The molecule has 0 saturated heterocycles. The van der Waals surface area contributed by atoms with Crippen molar-refractivity contribution in [1.82, 2.24) is 9.80 Å². The van der Waals surface area contributed by atoms with Gasteiger partial charge in [0.1, 0.15) is 5.75 Å². The number of carbonyl (C=O) groups excluding carboxylic acids is 2. The molecule has 0 spiro atoms. The van der Waals surface area contributed by atoms with E-state index in [-0.39, 0.29) is 23.9 Å². The van der Waals surface area contributed by atoms with Crippen LogP contribution in [0.3, 0.4) is 0 Å². The molecule has 0 bridgehead atoms. The van der Waals surface area contributed by atoms with Crippen LogP contribution in [0.4, 0.5) is 0 Å². The fraction of sp³-hybridized carbons (Fsp3) is 0.481. The number of ether oxygens (including phenoxy) is 1. The van der Waals surface area contributed by atoms with Gasteiger partial charge in [-0.25, -0.2) is 0 Å². The van der Waals surface area contributed by atoms with Crippen LogP contribution in [0, 0.1) is 6.92 Å². The van der Waals surface area contributed by atoms with Crippen LogP contribution in [0.5, 0.6) is 5.75 Å². The normalized spacial score (nSPS) is 16.5. The maximum atomic E-state index is 12.9. The highest BCUT2D eigenvalue weighted by molar-refractivity contribution is 5.81. The molecule has 3 rings (SSSR count). The summed E-state index contributed by atoms with van der Waals surface area (Å²) in [5.74, 6) is 0.802. The Balaban J connectivity index is 1.99. The molecule has 5 heteroatoms. The Morgan fingerprint density at radius 2 is 1.91 bits per heavy atom. The predicted octanol–water partition coefficient (Wildman–Crippen LogP) is 4.90. The third-order valence-electron chi connectivity index (χ3n) is 6.37. The number of likely N-dealkylation sites (N-methyl/N-ethyl adjacent to an activating group) is 1. The molecular formula is C27H36N2O3. The summed E-state index contributed by atoms with van der Waals surface area (Å²) in [6, 6.07) is 14.4. The number of aryl methyl sites for hydroxylation is 1. The monoisotopic (exact) mass is 436 g/mol. The Kier molecular flexibility index (Phi) is 7.60. The van der Waals surface area contributed by atoms with Gasteiger partial charge in [-0.05, 0) is 62.4 Å². The van der Waals surface area contributed by atoms with Crippen LogP contribution in [-0.2, 0) is 16.0 Å². The van der Waals surface area contributed by atoms with Crippen molar-refractivity contribution in [2.75, 3.05) is 13.6 Å². The highest BCUT2D eigenvalue weighted by atomic mass is 16.5. The lowest BCUT2D eigenvalue weighted by Gasteiger charge is -2.38. The Morgan fingerprint density at radius 1 is 1.16 bits per heavy atom. The molecular weight excluding hydrogens is 400 g/mol. The van der Waals surface area contributed by atoms with E-state index in [1.165, 1.54) is 11.1 Å². The summed E-state index contributed by atoms with van der Waals surface area (Å²) in [6.07, 6.45) is 1.35. The number of carbonyl (C=O) groups is 2. The number of hydrogen-bond donors (Lipinski definition) is 0. The van der Waals surface area contributed by atoms with Gasteiger partial charge in [-0.2, -0.15) is 0 Å². The molecule has 0 radical (unpaired) electrons. The van der Waals surface area contributed by atoms with Gasteiger partial charge < -0.3 is 14.5 Å². The second kappa shape index (κ2) is 10.2. The van der Waals surface area contributed by atoms with E-state index in [1.54, 1.807) is 4.90 Å². The van der Waals surface area contributed by atoms with Crippen molar-refractivity contribution >= 4 is 11.8 Å². The van der Waals surface area contributed by atoms with E-state index in [2.05, 4.69) is 31.2 Å². The summed E-state index contributed by atoms with van der Waals surface area (Å²) in [7, 11) is 1.81. The van der Waals surface area contributed by atoms with E-state index >= 15 is 0 Å². The SMILES string of the molecule is CCC(=O)N1CCc2ccc(OC(CC)C(=O)N(C)C(C)C)cc2C1c1cccc(C)c1. The lowest BCUT2D eigenvalue weighted by molar-refractivity contribution is -0.139. The lowest BCUT2D eigenvalue weighted by Crippen LogP contribution is -2.43. The molecule has 0 N–H and O–H groups in total. The van der Waals surface area contributed by atoms with Crippen molar-refractivity contribution in [3.8, 4) is 5.75 Å². The summed E-state index contributed by atoms with van der Waals surface area (Å²) in [5.41, 5.74) is 4.58. The molecule has 2 aromatic carbocycles. The Labute approximate surface area is 192 Å². The fourth-order valence-corrected chi connectivity index (χ4v) is 4.29. The largest absolute Gasteiger partial charge is 0.481 e. The maximum Gasteiger partial charge on any atom is 0.263 e. The van der Waals surface area contributed by atoms with Crippen LogP contribution in [0.1, 0.15) is 68.8 Å². The number of nitrogens with zero attached hydrogens (tertiary/aromatic N) is 2. The zero-order valence-corrected chi connectivity index (χ0v) is 20.2. The molecule has 5 nitrogen and oxygen atoms in total. The molecule has 0 aliphatic carbocycles. The van der Waals surface area contributed by atoms with Crippen LogP contribution < -0.4 is 4.74 Å². The van der Waals surface area contributed by atoms with Crippen molar-refractivity contribution in [1.29, 1.82) is 0 Å². The zero-order chi connectivity index (χ0) is 23.4. The zero-order valence-electron chi connectivity index (χ0n) is 20.2. The molecule has 2 atom stereocenters. The first kappa shape index (κ1) is 23.8. The molecule has 2 amide bonds. The van der Waals surface area contributed by atoms with Gasteiger partial charge in [-0.1, -0.05) is 49.7 Å². The summed E-state index contributed by atoms with van der Waals surface area (Å²) < 4.78 is 6.20. The highest BCUT2D eigenvalue weighted by Gasteiger charge is 2.32. The van der Waals surface area contributed by atoms with Crippen LogP contribution in [0.25, 0.3) is 0 Å². The van der Waals surface area contributed by atoms with E-state index in [0.29, 0.717) is 25.1 Å². The molecule has 0 fully saturated rings. The average molecular weight is 437 g/mol. The van der Waals surface area contributed by atoms with Gasteiger partial charge in [-0.3, -0.25) is 9.59 Å². The molecule has 0 aromatic heterocycles. The van der Waals surface area contributed by atoms with Gasteiger partial charge >= 0.3 is 0 Å². The summed E-state index contributed by atoms with van der Waals surface area (Å²) in [6.45, 7) is 10.6. The Bertz CT molecular complexity index is 969. The first-order valence-corrected chi connectivity index (χ1v) is 11.7. The van der Waals surface area contributed by atoms with Crippen molar-refractivity contribution < 1.29 is 14.3 Å². The number of hydrogen-bond acceptors (Lipinski definition) is 3. The Hall–Kier alpha value is -2.82. The van der Waals surface area contributed by atoms with Gasteiger partial charge in [0.2, 0.25) is 5.91 Å². The van der Waals surface area contributed by atoms with Crippen LogP contribution in [0.15, 0.2) is 42.5 Å².